The van der Waals surface area contributed by atoms with Crippen LogP contribution in [0.3, 0.4) is 0 Å². The van der Waals surface area contributed by atoms with Gasteiger partial charge in [-0.1, -0.05) is 69.0 Å². The van der Waals surface area contributed by atoms with Gasteiger partial charge >= 0.3 is 11.9 Å². The van der Waals surface area contributed by atoms with Crippen LogP contribution in [0.4, 0.5) is 0 Å². The zero-order valence-electron chi connectivity index (χ0n) is 20.1. The lowest BCUT2D eigenvalue weighted by Gasteiger charge is -2.38. The summed E-state index contributed by atoms with van der Waals surface area (Å²) in [4.78, 5) is 24.6. The van der Waals surface area contributed by atoms with Gasteiger partial charge in [0.15, 0.2) is 11.9 Å². The summed E-state index contributed by atoms with van der Waals surface area (Å²) in [6.07, 6.45) is 9.23. The van der Waals surface area contributed by atoms with Gasteiger partial charge in [0.1, 0.15) is 6.10 Å². The number of carbonyl (C=O) groups excluding carboxylic acids is 1. The first kappa shape index (κ1) is 26.4. The Hall–Kier alpha value is -2.22. The van der Waals surface area contributed by atoms with Crippen LogP contribution in [-0.4, -0.2) is 52.4 Å². The molecule has 2 aliphatic rings. The van der Waals surface area contributed by atoms with E-state index in [1.807, 2.05) is 18.2 Å². The largest absolute Gasteiger partial charge is 0.479 e. The number of ether oxygens (including phenoxy) is 3. The van der Waals surface area contributed by atoms with Crippen molar-refractivity contribution in [2.45, 2.75) is 101 Å². The molecule has 2 N–H and O–H groups in total. The molecule has 0 saturated carbocycles. The number of rotatable bonds is 14. The number of hydrogen-bond donors (Lipinski definition) is 2. The molecule has 34 heavy (non-hydrogen) atoms. The van der Waals surface area contributed by atoms with E-state index in [1.54, 1.807) is 6.08 Å². The van der Waals surface area contributed by atoms with Gasteiger partial charge in [-0.3, -0.25) is 0 Å². The molecule has 7 nitrogen and oxygen atoms in total. The maximum atomic E-state index is 12.4. The Bertz CT molecular complexity index is 824. The van der Waals surface area contributed by atoms with Crippen LogP contribution in [0.15, 0.2) is 42.5 Å². The highest BCUT2D eigenvalue weighted by Gasteiger charge is 2.70. The molecule has 2 fully saturated rings. The lowest BCUT2D eigenvalue weighted by molar-refractivity contribution is -0.309. The van der Waals surface area contributed by atoms with Crippen LogP contribution in [0.5, 0.6) is 0 Å². The fraction of sp³-hybridized carbons (Fsp3) is 0.630. The summed E-state index contributed by atoms with van der Waals surface area (Å²) in [5.74, 6) is -3.39. The Kier molecular flexibility index (Phi) is 9.68. The minimum Gasteiger partial charge on any atom is -0.479 e. The topological polar surface area (TPSA) is 102 Å². The highest BCUT2D eigenvalue weighted by molar-refractivity contribution is 5.84. The molecular weight excluding hydrogens is 436 g/mol. The molecule has 0 aromatic heterocycles. The predicted octanol–water partition coefficient (Wildman–Crippen LogP) is 4.56. The fourth-order valence-corrected chi connectivity index (χ4v) is 4.85. The van der Waals surface area contributed by atoms with Crippen LogP contribution in [-0.2, 0) is 30.2 Å². The van der Waals surface area contributed by atoms with Crippen LogP contribution < -0.4 is 0 Å². The van der Waals surface area contributed by atoms with Crippen molar-refractivity contribution in [1.82, 2.24) is 0 Å². The Labute approximate surface area is 202 Å². The number of benzene rings is 1. The smallest absolute Gasteiger partial charge is 0.340 e. The number of carboxylic acids is 1. The van der Waals surface area contributed by atoms with Gasteiger partial charge in [-0.15, -0.1) is 0 Å². The van der Waals surface area contributed by atoms with E-state index in [4.69, 9.17) is 14.2 Å². The number of carboxylic acid groups (broad SMARTS) is 1. The molecule has 0 radical (unpaired) electrons. The van der Waals surface area contributed by atoms with E-state index in [0.717, 1.165) is 51.4 Å². The fourth-order valence-electron chi connectivity index (χ4n) is 4.85. The Morgan fingerprint density at radius 3 is 2.62 bits per heavy atom. The quantitative estimate of drug-likeness (QED) is 0.231. The summed E-state index contributed by atoms with van der Waals surface area (Å²) in [5, 5.41) is 21.0. The van der Waals surface area contributed by atoms with Gasteiger partial charge in [0.2, 0.25) is 5.60 Å². The Morgan fingerprint density at radius 2 is 1.88 bits per heavy atom. The van der Waals surface area contributed by atoms with E-state index in [1.165, 1.54) is 11.6 Å². The van der Waals surface area contributed by atoms with E-state index in [2.05, 4.69) is 19.1 Å². The summed E-state index contributed by atoms with van der Waals surface area (Å²) in [6, 6.07) is 10.3. The van der Waals surface area contributed by atoms with Crippen molar-refractivity contribution >= 4 is 11.9 Å². The van der Waals surface area contributed by atoms with Gasteiger partial charge in [0.05, 0.1) is 6.61 Å². The second kappa shape index (κ2) is 12.5. The molecule has 0 amide bonds. The molecule has 4 atom stereocenters. The molecule has 188 valence electrons. The van der Waals surface area contributed by atoms with Crippen molar-refractivity contribution in [3.05, 3.63) is 48.0 Å². The number of aliphatic hydroxyl groups excluding tert-OH is 1. The SMILES string of the molecule is CCCCC/C=C/C(=O)O[C@@H]1[C@@H](O)[C@@]2(CCCCCCc3ccccc3)OCC[C@]1(C(=O)O)O2. The van der Waals surface area contributed by atoms with Crippen molar-refractivity contribution in [1.29, 1.82) is 0 Å². The van der Waals surface area contributed by atoms with Gasteiger partial charge in [-0.25, -0.2) is 9.59 Å². The average molecular weight is 475 g/mol. The molecule has 3 rings (SSSR count). The number of aliphatic hydroxyl groups is 1. The molecule has 0 aliphatic carbocycles. The molecule has 0 spiro atoms. The number of fused-ring (bicyclic) bond motifs is 2. The zero-order valence-corrected chi connectivity index (χ0v) is 20.1. The van der Waals surface area contributed by atoms with Crippen molar-refractivity contribution in [2.75, 3.05) is 6.61 Å². The van der Waals surface area contributed by atoms with Gasteiger partial charge in [0.25, 0.3) is 0 Å². The van der Waals surface area contributed by atoms with E-state index >= 15 is 0 Å². The zero-order chi connectivity index (χ0) is 24.4. The molecule has 2 saturated heterocycles. The second-order valence-electron chi connectivity index (χ2n) is 9.31. The first-order valence-corrected chi connectivity index (χ1v) is 12.6. The van der Waals surface area contributed by atoms with Gasteiger partial charge in [-0.2, -0.15) is 0 Å². The highest BCUT2D eigenvalue weighted by Crippen LogP contribution is 2.49. The maximum absolute atomic E-state index is 12.4. The summed E-state index contributed by atoms with van der Waals surface area (Å²) in [5.41, 5.74) is -0.488. The third-order valence-corrected chi connectivity index (χ3v) is 6.79. The van der Waals surface area contributed by atoms with Crippen LogP contribution >= 0.6 is 0 Å². The lowest BCUT2D eigenvalue weighted by atomic mass is 9.91. The monoisotopic (exact) mass is 474 g/mol. The molecular formula is C27H38O7. The first-order chi connectivity index (χ1) is 16.4. The number of esters is 1. The molecule has 0 unspecified atom stereocenters. The highest BCUT2D eigenvalue weighted by atomic mass is 16.8. The van der Waals surface area contributed by atoms with Gasteiger partial charge in [0, 0.05) is 18.9 Å². The summed E-state index contributed by atoms with van der Waals surface area (Å²) >= 11 is 0. The van der Waals surface area contributed by atoms with Crippen molar-refractivity contribution < 1.29 is 34.0 Å². The number of aliphatic carboxylic acids is 1. The summed E-state index contributed by atoms with van der Waals surface area (Å²) in [6.45, 7) is 2.23. The number of carbonyl (C=O) groups is 2. The number of allylic oxidation sites excluding steroid dienone is 1. The van der Waals surface area contributed by atoms with Gasteiger partial charge in [-0.05, 0) is 37.7 Å². The third-order valence-electron chi connectivity index (χ3n) is 6.79. The number of hydrogen-bond acceptors (Lipinski definition) is 6. The van der Waals surface area contributed by atoms with E-state index in [9.17, 15) is 19.8 Å². The van der Waals surface area contributed by atoms with Crippen LogP contribution in [0.25, 0.3) is 0 Å². The summed E-state index contributed by atoms with van der Waals surface area (Å²) < 4.78 is 17.2. The molecule has 1 aromatic carbocycles. The van der Waals surface area contributed by atoms with Crippen LogP contribution in [0.1, 0.15) is 76.7 Å². The molecule has 7 heteroatoms. The molecule has 2 bridgehead atoms. The minimum absolute atomic E-state index is 0.0103. The maximum Gasteiger partial charge on any atom is 0.340 e. The normalized spacial score (nSPS) is 28.3. The number of aryl methyl sites for hydroxylation is 1. The predicted molar refractivity (Wildman–Crippen MR) is 127 cm³/mol. The van der Waals surface area contributed by atoms with E-state index in [0.29, 0.717) is 12.8 Å². The van der Waals surface area contributed by atoms with Crippen LogP contribution in [0.2, 0.25) is 0 Å². The molecule has 1 aromatic rings. The van der Waals surface area contributed by atoms with Crippen molar-refractivity contribution in [2.24, 2.45) is 0 Å². The summed E-state index contributed by atoms with van der Waals surface area (Å²) in [7, 11) is 0. The lowest BCUT2D eigenvalue weighted by Crippen LogP contribution is -2.53. The Balaban J connectivity index is 1.55. The first-order valence-electron chi connectivity index (χ1n) is 12.6. The number of unbranched alkanes of at least 4 members (excludes halogenated alkanes) is 6. The van der Waals surface area contributed by atoms with E-state index < -0.39 is 35.5 Å². The Morgan fingerprint density at radius 1 is 1.12 bits per heavy atom. The third kappa shape index (κ3) is 6.26. The minimum atomic E-state index is -1.79. The van der Waals surface area contributed by atoms with Gasteiger partial charge < -0.3 is 24.4 Å². The van der Waals surface area contributed by atoms with E-state index in [-0.39, 0.29) is 13.0 Å². The average Bonchev–Trinajstić information content (AvgIpc) is 3.00. The van der Waals surface area contributed by atoms with Crippen molar-refractivity contribution in [3.63, 3.8) is 0 Å². The van der Waals surface area contributed by atoms with Crippen molar-refractivity contribution in [3.8, 4) is 0 Å². The molecule has 2 aliphatic heterocycles. The molecule has 2 heterocycles. The van der Waals surface area contributed by atoms with Crippen LogP contribution in [0, 0.1) is 0 Å². The standard InChI is InChI=1S/C27H38O7/c1-2-3-4-5-12-17-22(28)33-24-23(29)27(32-20-19-26(24,34-27)25(30)31)18-13-7-6-9-14-21-15-10-8-11-16-21/h8,10-12,15-17,23-24,29H,2-7,9,13-14,18-20H2,1H3,(H,30,31)/b17-12+/t23-,24-,26+,27+/m1/s1. The second-order valence-corrected chi connectivity index (χ2v) is 9.31.